The average Bonchev–Trinajstić information content (AvgIpc) is 3.76. The second-order valence-electron chi connectivity index (χ2n) is 20.4. The van der Waals surface area contributed by atoms with Crippen molar-refractivity contribution < 1.29 is 57.2 Å². The Morgan fingerprint density at radius 3 is 2.44 bits per heavy atom. The fraction of sp³-hybridized carbons (Fsp3) is 0.588. The monoisotopic (exact) mass is 917 g/mol. The van der Waals surface area contributed by atoms with Crippen LogP contribution in [0, 0.1) is 28.6 Å². The van der Waals surface area contributed by atoms with Crippen LogP contribution in [0.3, 0.4) is 0 Å². The van der Waals surface area contributed by atoms with Gasteiger partial charge in [-0.3, -0.25) is 19.2 Å². The molecule has 13 nitrogen and oxygen atoms in total. The van der Waals surface area contributed by atoms with E-state index in [1.54, 1.807) is 33.8 Å². The Bertz CT molecular complexity index is 2260. The lowest BCUT2D eigenvalue weighted by Crippen LogP contribution is -2.70. The number of amides is 2. The number of benzene rings is 2. The van der Waals surface area contributed by atoms with Crippen molar-refractivity contribution in [2.75, 3.05) is 18.5 Å². The van der Waals surface area contributed by atoms with Gasteiger partial charge in [-0.1, -0.05) is 62.7 Å². The molecule has 6 N–H and O–H groups in total. The van der Waals surface area contributed by atoms with Gasteiger partial charge in [0, 0.05) is 46.9 Å². The quantitative estimate of drug-likeness (QED) is 0.110. The zero-order chi connectivity index (χ0) is 48.0. The maximum absolute atomic E-state index is 17.8. The minimum Gasteiger partial charge on any atom is -0.444 e. The molecule has 5 aliphatic rings. The Hall–Kier alpha value is -4.67. The molecule has 2 amide bonds. The van der Waals surface area contributed by atoms with Crippen LogP contribution in [0.5, 0.6) is 0 Å². The molecule has 1 saturated heterocycles. The number of aliphatic hydroxyl groups excluding tert-OH is 2. The maximum Gasteiger partial charge on any atom is 0.407 e. The van der Waals surface area contributed by atoms with E-state index in [1.807, 2.05) is 49.4 Å². The number of anilines is 1. The van der Waals surface area contributed by atoms with Gasteiger partial charge in [-0.2, -0.15) is 0 Å². The minimum absolute atomic E-state index is 0.00304. The second-order valence-corrected chi connectivity index (χ2v) is 20.4. The van der Waals surface area contributed by atoms with Gasteiger partial charge in [0.15, 0.2) is 29.1 Å². The number of nitrogens with two attached hydrogens (primary N) is 1. The third kappa shape index (κ3) is 8.93. The summed E-state index contributed by atoms with van der Waals surface area (Å²) in [5, 5.41) is 27.9. The SMILES string of the molecule is CC[C@H](N)C(=O)C[C@@H](CCCCNC(=O)OC(C)(C)C)C(=O)Nc1cccc(Cc2ccc([C@@H]3O[C@@H]4C[C@H]5[C@@H]6C[C@H](F)C7=CC(=O)C=C[C@]7(C)[C@@]6(F)[C@@H](O)C[C@]5(C)[C@]4(C(=O)CO)O3)cc2)c1. The highest BCUT2D eigenvalue weighted by Crippen LogP contribution is 2.72. The number of Topliss-reactive ketones (excluding diaryl/α,β-unsaturated/α-hetero) is 2. The number of unbranched alkanes of at least 4 members (excludes halogenated alkanes) is 1. The lowest BCUT2D eigenvalue weighted by Gasteiger charge is -2.63. The molecule has 1 heterocycles. The van der Waals surface area contributed by atoms with Crippen LogP contribution >= 0.6 is 0 Å². The number of carbonyl (C=O) groups excluding carboxylic acids is 5. The molecule has 0 aromatic heterocycles. The minimum atomic E-state index is -2.35. The van der Waals surface area contributed by atoms with E-state index in [1.165, 1.54) is 19.1 Å². The number of alkyl halides is 2. The number of alkyl carbamates (subject to hydrolysis) is 1. The summed E-state index contributed by atoms with van der Waals surface area (Å²) in [5.41, 5.74) is 1.46. The van der Waals surface area contributed by atoms with Crippen molar-refractivity contribution in [3.8, 4) is 0 Å². The molecule has 4 aliphatic carbocycles. The number of halogens is 2. The number of nitrogens with one attached hydrogen (secondary N) is 2. The molecular weight excluding hydrogens is 853 g/mol. The lowest BCUT2D eigenvalue weighted by molar-refractivity contribution is -0.235. The largest absolute Gasteiger partial charge is 0.444 e. The summed E-state index contributed by atoms with van der Waals surface area (Å²) >= 11 is 0. The van der Waals surface area contributed by atoms with Crippen molar-refractivity contribution in [1.29, 1.82) is 0 Å². The molecule has 3 saturated carbocycles. The normalized spacial score (nSPS) is 33.1. The van der Waals surface area contributed by atoms with Crippen molar-refractivity contribution >= 4 is 35.0 Å². The van der Waals surface area contributed by atoms with E-state index in [0.717, 1.165) is 17.2 Å². The number of ketones is 3. The number of aliphatic hydroxyl groups is 2. The zero-order valence-electron chi connectivity index (χ0n) is 38.7. The number of ether oxygens (including phenoxy) is 3. The van der Waals surface area contributed by atoms with E-state index < -0.39 is 100 Å². The molecule has 0 spiro atoms. The molecule has 0 radical (unpaired) electrons. The topological polar surface area (TPSA) is 204 Å². The van der Waals surface area contributed by atoms with Crippen LogP contribution in [-0.4, -0.2) is 94.0 Å². The van der Waals surface area contributed by atoms with Gasteiger partial charge in [-0.05, 0) is 120 Å². The lowest BCUT2D eigenvalue weighted by atomic mass is 9.44. The zero-order valence-corrected chi connectivity index (χ0v) is 38.7. The Labute approximate surface area is 385 Å². The van der Waals surface area contributed by atoms with Crippen molar-refractivity contribution in [2.45, 2.75) is 147 Å². The van der Waals surface area contributed by atoms with Gasteiger partial charge in [0.1, 0.15) is 24.2 Å². The molecular formula is C51H65F2N3O10. The Balaban J connectivity index is 1.01. The summed E-state index contributed by atoms with van der Waals surface area (Å²) < 4.78 is 52.2. The van der Waals surface area contributed by atoms with E-state index in [4.69, 9.17) is 19.9 Å². The molecule has 12 atom stereocenters. The average molecular weight is 918 g/mol. The first-order chi connectivity index (χ1) is 31.1. The predicted molar refractivity (Wildman–Crippen MR) is 241 cm³/mol. The van der Waals surface area contributed by atoms with Gasteiger partial charge >= 0.3 is 6.09 Å². The van der Waals surface area contributed by atoms with Gasteiger partial charge in [0.2, 0.25) is 5.91 Å². The first-order valence-corrected chi connectivity index (χ1v) is 23.3. The van der Waals surface area contributed by atoms with Gasteiger partial charge in [-0.15, -0.1) is 0 Å². The fourth-order valence-electron chi connectivity index (χ4n) is 11.7. The third-order valence-electron chi connectivity index (χ3n) is 15.1. The van der Waals surface area contributed by atoms with Gasteiger partial charge in [0.05, 0.1) is 18.2 Å². The van der Waals surface area contributed by atoms with Crippen molar-refractivity contribution in [2.24, 2.45) is 34.3 Å². The highest BCUT2D eigenvalue weighted by atomic mass is 19.1. The van der Waals surface area contributed by atoms with Gasteiger partial charge in [0.25, 0.3) is 0 Å². The van der Waals surface area contributed by atoms with Crippen molar-refractivity contribution in [3.05, 3.63) is 89.0 Å². The number of carbonyl (C=O) groups is 5. The Morgan fingerprint density at radius 2 is 1.76 bits per heavy atom. The number of fused-ring (bicyclic) bond motifs is 7. The summed E-state index contributed by atoms with van der Waals surface area (Å²) in [7, 11) is 0. The third-order valence-corrected chi connectivity index (χ3v) is 15.1. The van der Waals surface area contributed by atoms with Crippen LogP contribution in [-0.2, 0) is 39.8 Å². The summed E-state index contributed by atoms with van der Waals surface area (Å²) in [5.74, 6) is -3.92. The van der Waals surface area contributed by atoms with Crippen LogP contribution < -0.4 is 16.4 Å². The highest BCUT2D eigenvalue weighted by Gasteiger charge is 2.80. The predicted octanol–water partition coefficient (Wildman–Crippen LogP) is 6.87. The van der Waals surface area contributed by atoms with Crippen molar-refractivity contribution in [1.82, 2.24) is 5.32 Å². The standard InChI is InChI=1S/C51H65F2N3O10/c1-7-39(54)40(59)23-32(12-8-9-20-55-46(63)66-47(2,3)4)44(62)56-33-13-10-11-30(22-33)21-29-14-16-31(17-15-29)45-64-43-26-35-36-25-38(52)37-24-34(58)18-19-48(37,5)50(36,53)41(60)27-49(35,6)51(43,65-45)42(61)28-57/h10-11,13-19,22,24,32,35-36,38-39,41,43,45,57,60H,7-9,12,20-21,23,25-28,54H2,1-6H3,(H,55,63)(H,56,62)/t32-,35+,36+,38+,39+,41+,43-,45-,48+,49+,50+,51-/m1/s1. The van der Waals surface area contributed by atoms with E-state index in [0.29, 0.717) is 49.9 Å². The summed E-state index contributed by atoms with van der Waals surface area (Å²) in [6.07, 6.45) is 0.114. The molecule has 0 unspecified atom stereocenters. The number of allylic oxidation sites excluding steroid dienone is 4. The molecule has 358 valence electrons. The second kappa shape index (κ2) is 18.8. The van der Waals surface area contributed by atoms with Crippen LogP contribution in [0.15, 0.2) is 72.3 Å². The van der Waals surface area contributed by atoms with E-state index >= 15 is 8.78 Å². The van der Waals surface area contributed by atoms with Crippen molar-refractivity contribution in [3.63, 3.8) is 0 Å². The highest BCUT2D eigenvalue weighted by molar-refractivity contribution is 6.01. The first kappa shape index (κ1) is 49.2. The van der Waals surface area contributed by atoms with Gasteiger partial charge < -0.3 is 40.8 Å². The van der Waals surface area contributed by atoms with E-state index in [-0.39, 0.29) is 42.9 Å². The van der Waals surface area contributed by atoms with Crippen LogP contribution in [0.1, 0.15) is 116 Å². The molecule has 2 aromatic rings. The molecule has 0 bridgehead atoms. The smallest absolute Gasteiger partial charge is 0.407 e. The van der Waals surface area contributed by atoms with Crippen LogP contribution in [0.25, 0.3) is 0 Å². The fourth-order valence-corrected chi connectivity index (χ4v) is 11.7. The molecule has 66 heavy (non-hydrogen) atoms. The molecule has 1 aliphatic heterocycles. The number of hydrogen-bond donors (Lipinski definition) is 5. The Kier molecular flexibility index (Phi) is 14.0. The Morgan fingerprint density at radius 1 is 1.03 bits per heavy atom. The summed E-state index contributed by atoms with van der Waals surface area (Å²) in [6.45, 7) is 9.92. The number of hydrogen-bond acceptors (Lipinski definition) is 11. The summed E-state index contributed by atoms with van der Waals surface area (Å²) in [6, 6.07) is 14.2. The first-order valence-electron chi connectivity index (χ1n) is 23.3. The molecule has 4 fully saturated rings. The number of rotatable bonds is 16. The molecule has 2 aromatic carbocycles. The maximum atomic E-state index is 17.8. The van der Waals surface area contributed by atoms with Gasteiger partial charge in [-0.25, -0.2) is 13.6 Å². The molecule has 15 heteroatoms. The molecule has 7 rings (SSSR count). The van der Waals surface area contributed by atoms with E-state index in [9.17, 15) is 34.2 Å². The van der Waals surface area contributed by atoms with Crippen LogP contribution in [0.2, 0.25) is 0 Å². The van der Waals surface area contributed by atoms with E-state index in [2.05, 4.69) is 10.6 Å². The van der Waals surface area contributed by atoms with Crippen LogP contribution in [0.4, 0.5) is 19.3 Å². The summed E-state index contributed by atoms with van der Waals surface area (Å²) in [4.78, 5) is 64.8.